The van der Waals surface area contributed by atoms with Gasteiger partial charge in [-0.05, 0) is 24.1 Å². The number of nitrogens with two attached hydrogens (primary N) is 1. The van der Waals surface area contributed by atoms with E-state index in [0.717, 1.165) is 0 Å². The number of rotatable bonds is 5. The molecule has 0 aromatic heterocycles. The maximum absolute atomic E-state index is 12.0. The van der Waals surface area contributed by atoms with Gasteiger partial charge in [0.15, 0.2) is 0 Å². The molecule has 1 aromatic rings. The fourth-order valence-corrected chi connectivity index (χ4v) is 1.61. The molecular weight excluding hydrogens is 258 g/mol. The second-order valence-corrected chi connectivity index (χ2v) is 4.86. The van der Waals surface area contributed by atoms with Gasteiger partial charge in [-0.15, -0.1) is 0 Å². The molecule has 0 aliphatic heterocycles. The van der Waals surface area contributed by atoms with Crippen LogP contribution in [0.3, 0.4) is 0 Å². The molecule has 6 nitrogen and oxygen atoms in total. The van der Waals surface area contributed by atoms with Crippen LogP contribution in [0.5, 0.6) is 5.75 Å². The molecule has 0 saturated carbocycles. The van der Waals surface area contributed by atoms with Crippen LogP contribution in [-0.4, -0.2) is 25.0 Å². The third kappa shape index (κ3) is 4.24. The van der Waals surface area contributed by atoms with Gasteiger partial charge >= 0.3 is 0 Å². The first-order chi connectivity index (χ1) is 9.35. The van der Waals surface area contributed by atoms with Crippen LogP contribution < -0.4 is 21.1 Å². The Morgan fingerprint density at radius 3 is 2.40 bits per heavy atom. The first-order valence-electron chi connectivity index (χ1n) is 6.37. The summed E-state index contributed by atoms with van der Waals surface area (Å²) in [5.74, 6) is 0.0486. The fraction of sp³-hybridized carbons (Fsp3) is 0.429. The molecule has 2 amide bonds. The van der Waals surface area contributed by atoms with Gasteiger partial charge in [-0.25, -0.2) is 0 Å². The van der Waals surface area contributed by atoms with Gasteiger partial charge in [0.2, 0.25) is 11.8 Å². The van der Waals surface area contributed by atoms with E-state index < -0.39 is 6.04 Å². The zero-order chi connectivity index (χ0) is 15.3. The number of hydrogen-bond donors (Lipinski definition) is 3. The molecule has 0 aliphatic rings. The number of nitrogens with one attached hydrogen (secondary N) is 2. The standard InChI is InChI=1S/C14H21N3O3/c1-8(2)13(15)14(19)17-11-7-10(16-9(3)18)5-6-12(11)20-4/h5-8,13H,15H2,1-4H3,(H,16,18)(H,17,19)/t13-/m0/s1. The Kier molecular flexibility index (Phi) is 5.52. The van der Waals surface area contributed by atoms with Crippen LogP contribution in [0.25, 0.3) is 0 Å². The van der Waals surface area contributed by atoms with Crippen molar-refractivity contribution in [1.29, 1.82) is 0 Å². The van der Waals surface area contributed by atoms with E-state index >= 15 is 0 Å². The fourth-order valence-electron chi connectivity index (χ4n) is 1.61. The molecule has 6 heteroatoms. The quantitative estimate of drug-likeness (QED) is 0.762. The molecule has 1 aromatic carbocycles. The van der Waals surface area contributed by atoms with E-state index in [2.05, 4.69) is 10.6 Å². The van der Waals surface area contributed by atoms with Crippen molar-refractivity contribution in [3.63, 3.8) is 0 Å². The summed E-state index contributed by atoms with van der Waals surface area (Å²) >= 11 is 0. The third-order valence-corrected chi connectivity index (χ3v) is 2.80. The van der Waals surface area contributed by atoms with Gasteiger partial charge in [-0.3, -0.25) is 9.59 Å². The van der Waals surface area contributed by atoms with Crippen LogP contribution >= 0.6 is 0 Å². The van der Waals surface area contributed by atoms with Crippen LogP contribution in [0.4, 0.5) is 11.4 Å². The van der Waals surface area contributed by atoms with Crippen LogP contribution in [0, 0.1) is 5.92 Å². The van der Waals surface area contributed by atoms with Crippen molar-refractivity contribution >= 4 is 23.2 Å². The lowest BCUT2D eigenvalue weighted by Gasteiger charge is -2.17. The largest absolute Gasteiger partial charge is 0.495 e. The average Bonchev–Trinajstić information content (AvgIpc) is 2.37. The molecule has 1 rings (SSSR count). The zero-order valence-corrected chi connectivity index (χ0v) is 12.2. The Morgan fingerprint density at radius 1 is 1.25 bits per heavy atom. The lowest BCUT2D eigenvalue weighted by atomic mass is 10.0. The van der Waals surface area contributed by atoms with Crippen molar-refractivity contribution in [2.45, 2.75) is 26.8 Å². The Bertz CT molecular complexity index is 500. The molecule has 110 valence electrons. The predicted octanol–water partition coefficient (Wildman–Crippen LogP) is 1.58. The summed E-state index contributed by atoms with van der Waals surface area (Å²) in [6, 6.07) is 4.38. The van der Waals surface area contributed by atoms with Gasteiger partial charge in [0, 0.05) is 12.6 Å². The minimum atomic E-state index is -0.607. The highest BCUT2D eigenvalue weighted by Crippen LogP contribution is 2.28. The predicted molar refractivity (Wildman–Crippen MR) is 78.7 cm³/mol. The topological polar surface area (TPSA) is 93.5 Å². The molecule has 4 N–H and O–H groups in total. The van der Waals surface area contributed by atoms with Gasteiger partial charge in [0.1, 0.15) is 5.75 Å². The average molecular weight is 279 g/mol. The van der Waals surface area contributed by atoms with Gasteiger partial charge in [-0.2, -0.15) is 0 Å². The smallest absolute Gasteiger partial charge is 0.241 e. The number of carbonyl (C=O) groups excluding carboxylic acids is 2. The Hall–Kier alpha value is -2.08. The molecule has 0 radical (unpaired) electrons. The monoisotopic (exact) mass is 279 g/mol. The minimum Gasteiger partial charge on any atom is -0.495 e. The van der Waals surface area contributed by atoms with E-state index in [4.69, 9.17) is 10.5 Å². The third-order valence-electron chi connectivity index (χ3n) is 2.80. The summed E-state index contributed by atoms with van der Waals surface area (Å²) in [6.07, 6.45) is 0. The summed E-state index contributed by atoms with van der Waals surface area (Å²) in [5, 5.41) is 5.36. The van der Waals surface area contributed by atoms with Gasteiger partial charge in [0.05, 0.1) is 18.8 Å². The van der Waals surface area contributed by atoms with Gasteiger partial charge in [0.25, 0.3) is 0 Å². The van der Waals surface area contributed by atoms with Crippen LogP contribution in [0.2, 0.25) is 0 Å². The number of methoxy groups -OCH3 is 1. The Balaban J connectivity index is 2.96. The normalized spacial score (nSPS) is 11.9. The van der Waals surface area contributed by atoms with Gasteiger partial charge < -0.3 is 21.1 Å². The minimum absolute atomic E-state index is 0.0273. The van der Waals surface area contributed by atoms with Crippen LogP contribution in [0.1, 0.15) is 20.8 Å². The number of ether oxygens (including phenoxy) is 1. The summed E-state index contributed by atoms with van der Waals surface area (Å²) < 4.78 is 5.18. The number of amides is 2. The summed E-state index contributed by atoms with van der Waals surface area (Å²) in [5.41, 5.74) is 6.84. The first kappa shape index (κ1) is 16.0. The van der Waals surface area contributed by atoms with Gasteiger partial charge in [-0.1, -0.05) is 13.8 Å². The van der Waals surface area contributed by atoms with Crippen molar-refractivity contribution in [3.8, 4) is 5.75 Å². The molecule has 0 unspecified atom stereocenters. The lowest BCUT2D eigenvalue weighted by Crippen LogP contribution is -2.39. The van der Waals surface area contributed by atoms with E-state index in [0.29, 0.717) is 17.1 Å². The van der Waals surface area contributed by atoms with E-state index in [1.807, 2.05) is 13.8 Å². The summed E-state index contributed by atoms with van der Waals surface area (Å²) in [6.45, 7) is 5.15. The second kappa shape index (κ2) is 6.91. The highest BCUT2D eigenvalue weighted by atomic mass is 16.5. The second-order valence-electron chi connectivity index (χ2n) is 4.86. The first-order valence-corrected chi connectivity index (χ1v) is 6.37. The molecule has 1 atom stereocenters. The van der Waals surface area contributed by atoms with Crippen LogP contribution in [0.15, 0.2) is 18.2 Å². The molecule has 0 heterocycles. The Labute approximate surface area is 118 Å². The Morgan fingerprint density at radius 2 is 1.90 bits per heavy atom. The van der Waals surface area contributed by atoms with Crippen molar-refractivity contribution < 1.29 is 14.3 Å². The number of benzene rings is 1. The van der Waals surface area contributed by atoms with Crippen molar-refractivity contribution in [2.75, 3.05) is 17.7 Å². The van der Waals surface area contributed by atoms with Crippen molar-refractivity contribution in [2.24, 2.45) is 11.7 Å². The number of anilines is 2. The molecule has 0 aliphatic carbocycles. The zero-order valence-electron chi connectivity index (χ0n) is 12.2. The number of hydrogen-bond acceptors (Lipinski definition) is 4. The lowest BCUT2D eigenvalue weighted by molar-refractivity contribution is -0.118. The SMILES string of the molecule is COc1ccc(NC(C)=O)cc1NC(=O)[C@@H](N)C(C)C. The van der Waals surface area contributed by atoms with E-state index in [1.165, 1.54) is 14.0 Å². The molecule has 0 bridgehead atoms. The molecule has 0 spiro atoms. The van der Waals surface area contributed by atoms with E-state index in [-0.39, 0.29) is 17.7 Å². The highest BCUT2D eigenvalue weighted by molar-refractivity contribution is 5.97. The number of carbonyl (C=O) groups is 2. The highest BCUT2D eigenvalue weighted by Gasteiger charge is 2.18. The molecule has 0 saturated heterocycles. The van der Waals surface area contributed by atoms with E-state index in [9.17, 15) is 9.59 Å². The molecular formula is C14H21N3O3. The van der Waals surface area contributed by atoms with E-state index in [1.54, 1.807) is 18.2 Å². The summed E-state index contributed by atoms with van der Waals surface area (Å²) in [4.78, 5) is 23.0. The summed E-state index contributed by atoms with van der Waals surface area (Å²) in [7, 11) is 1.51. The van der Waals surface area contributed by atoms with Crippen molar-refractivity contribution in [1.82, 2.24) is 0 Å². The van der Waals surface area contributed by atoms with Crippen molar-refractivity contribution in [3.05, 3.63) is 18.2 Å². The molecule has 20 heavy (non-hydrogen) atoms. The maximum atomic E-state index is 12.0. The molecule has 0 fully saturated rings. The maximum Gasteiger partial charge on any atom is 0.241 e. The van der Waals surface area contributed by atoms with Crippen LogP contribution in [-0.2, 0) is 9.59 Å².